The van der Waals surface area contributed by atoms with E-state index in [1.165, 1.54) is 0 Å². The normalized spacial score (nSPS) is 18.7. The second-order valence-electron chi connectivity index (χ2n) is 7.52. The molecule has 0 radical (unpaired) electrons. The van der Waals surface area contributed by atoms with Gasteiger partial charge in [-0.3, -0.25) is 14.5 Å². The Morgan fingerprint density at radius 2 is 1.70 bits per heavy atom. The highest BCUT2D eigenvalue weighted by Crippen LogP contribution is 2.31. The second kappa shape index (κ2) is 9.17. The first kappa shape index (κ1) is 20.2. The number of nitrogens with zero attached hydrogens (tertiary/aromatic N) is 2. The van der Waals surface area contributed by atoms with Crippen molar-refractivity contribution >= 4 is 17.5 Å². The Morgan fingerprint density at radius 1 is 1.00 bits per heavy atom. The van der Waals surface area contributed by atoms with Crippen molar-refractivity contribution < 1.29 is 19.1 Å². The van der Waals surface area contributed by atoms with E-state index in [1.54, 1.807) is 4.90 Å². The van der Waals surface area contributed by atoms with E-state index in [0.717, 1.165) is 17.7 Å². The Balaban J connectivity index is 1.26. The lowest BCUT2D eigenvalue weighted by Gasteiger charge is -2.36. The summed E-state index contributed by atoms with van der Waals surface area (Å²) in [5, 5.41) is 3.01. The number of rotatable bonds is 5. The van der Waals surface area contributed by atoms with Crippen LogP contribution < -0.4 is 14.8 Å². The van der Waals surface area contributed by atoms with Gasteiger partial charge in [0.05, 0.1) is 6.54 Å². The molecule has 2 aromatic rings. The van der Waals surface area contributed by atoms with Crippen LogP contribution in [0.1, 0.15) is 12.5 Å². The van der Waals surface area contributed by atoms with Gasteiger partial charge in [-0.2, -0.15) is 0 Å². The number of ether oxygens (including phenoxy) is 2. The lowest BCUT2D eigenvalue weighted by atomic mass is 10.1. The standard InChI is InChI=1S/C23H27N3O4/c1-2-17-7-3-4-8-18(17)24-22(27)15-25-11-13-26(14-12-25)23(28)21-16-29-19-9-5-6-10-20(19)30-21/h3-10,21H,2,11-16H2,1H3,(H,24,27)/t21-/m0/s1. The summed E-state index contributed by atoms with van der Waals surface area (Å²) in [5.74, 6) is 1.17. The first-order valence-corrected chi connectivity index (χ1v) is 10.4. The van der Waals surface area contributed by atoms with Crippen LogP contribution in [0.4, 0.5) is 5.69 Å². The van der Waals surface area contributed by atoms with E-state index in [0.29, 0.717) is 44.2 Å². The fourth-order valence-electron chi connectivity index (χ4n) is 3.81. The number of hydrogen-bond donors (Lipinski definition) is 1. The van der Waals surface area contributed by atoms with E-state index in [2.05, 4.69) is 17.1 Å². The van der Waals surface area contributed by atoms with Crippen LogP contribution in [0.25, 0.3) is 0 Å². The summed E-state index contributed by atoms with van der Waals surface area (Å²) in [6, 6.07) is 15.2. The number of benzene rings is 2. The first-order chi connectivity index (χ1) is 14.6. The zero-order chi connectivity index (χ0) is 20.9. The largest absolute Gasteiger partial charge is 0.485 e. The third kappa shape index (κ3) is 4.57. The number of anilines is 1. The van der Waals surface area contributed by atoms with Crippen molar-refractivity contribution in [1.29, 1.82) is 0 Å². The van der Waals surface area contributed by atoms with E-state index >= 15 is 0 Å². The van der Waals surface area contributed by atoms with Crippen LogP contribution in [0.2, 0.25) is 0 Å². The predicted molar refractivity (Wildman–Crippen MR) is 114 cm³/mol. The third-order valence-corrected chi connectivity index (χ3v) is 5.51. The number of amides is 2. The van der Waals surface area contributed by atoms with Gasteiger partial charge in [-0.1, -0.05) is 37.3 Å². The Bertz CT molecular complexity index is 909. The maximum Gasteiger partial charge on any atom is 0.267 e. The molecule has 1 N–H and O–H groups in total. The first-order valence-electron chi connectivity index (χ1n) is 10.4. The van der Waals surface area contributed by atoms with Crippen molar-refractivity contribution in [3.63, 3.8) is 0 Å². The van der Waals surface area contributed by atoms with Crippen molar-refractivity contribution in [3.05, 3.63) is 54.1 Å². The molecule has 30 heavy (non-hydrogen) atoms. The molecule has 2 aliphatic heterocycles. The zero-order valence-corrected chi connectivity index (χ0v) is 17.2. The average molecular weight is 409 g/mol. The SMILES string of the molecule is CCc1ccccc1NC(=O)CN1CCN(C(=O)[C@@H]2COc3ccccc3O2)CC1. The maximum absolute atomic E-state index is 12.8. The highest BCUT2D eigenvalue weighted by atomic mass is 16.6. The Morgan fingerprint density at radius 3 is 2.47 bits per heavy atom. The lowest BCUT2D eigenvalue weighted by Crippen LogP contribution is -2.54. The number of piperazine rings is 1. The molecule has 2 aliphatic rings. The van der Waals surface area contributed by atoms with Crippen LogP contribution in [-0.2, 0) is 16.0 Å². The number of carbonyl (C=O) groups is 2. The Hall–Kier alpha value is -3.06. The molecule has 2 amide bonds. The van der Waals surface area contributed by atoms with E-state index < -0.39 is 6.10 Å². The van der Waals surface area contributed by atoms with Gasteiger partial charge in [0.25, 0.3) is 5.91 Å². The molecule has 4 rings (SSSR count). The summed E-state index contributed by atoms with van der Waals surface area (Å²) in [5.41, 5.74) is 1.99. The molecular weight excluding hydrogens is 382 g/mol. The van der Waals surface area contributed by atoms with E-state index in [9.17, 15) is 9.59 Å². The summed E-state index contributed by atoms with van der Waals surface area (Å²) in [6.45, 7) is 5.04. The second-order valence-corrected chi connectivity index (χ2v) is 7.52. The quantitative estimate of drug-likeness (QED) is 0.820. The Labute approximate surface area is 176 Å². The van der Waals surface area contributed by atoms with Gasteiger partial charge in [0, 0.05) is 31.9 Å². The third-order valence-electron chi connectivity index (χ3n) is 5.51. The van der Waals surface area contributed by atoms with Gasteiger partial charge < -0.3 is 19.7 Å². The molecular formula is C23H27N3O4. The van der Waals surface area contributed by atoms with Gasteiger partial charge in [-0.15, -0.1) is 0 Å². The molecule has 7 nitrogen and oxygen atoms in total. The molecule has 0 aliphatic carbocycles. The van der Waals surface area contributed by atoms with Crippen LogP contribution in [-0.4, -0.2) is 67.0 Å². The van der Waals surface area contributed by atoms with Crippen molar-refractivity contribution in [3.8, 4) is 11.5 Å². The van der Waals surface area contributed by atoms with E-state index in [4.69, 9.17) is 9.47 Å². The molecule has 0 saturated carbocycles. The van der Waals surface area contributed by atoms with Crippen LogP contribution in [0, 0.1) is 0 Å². The number of nitrogens with one attached hydrogen (secondary N) is 1. The van der Waals surface area contributed by atoms with Crippen LogP contribution >= 0.6 is 0 Å². The maximum atomic E-state index is 12.8. The topological polar surface area (TPSA) is 71.1 Å². The number of para-hydroxylation sites is 3. The average Bonchev–Trinajstić information content (AvgIpc) is 2.79. The molecule has 7 heteroatoms. The molecule has 1 atom stereocenters. The van der Waals surface area contributed by atoms with E-state index in [1.807, 2.05) is 48.5 Å². The van der Waals surface area contributed by atoms with Gasteiger partial charge in [-0.25, -0.2) is 0 Å². The van der Waals surface area contributed by atoms with Crippen molar-refractivity contribution in [2.24, 2.45) is 0 Å². The molecule has 158 valence electrons. The molecule has 1 fully saturated rings. The van der Waals surface area contributed by atoms with Gasteiger partial charge in [0.1, 0.15) is 6.61 Å². The number of hydrogen-bond acceptors (Lipinski definition) is 5. The van der Waals surface area contributed by atoms with Crippen LogP contribution in [0.5, 0.6) is 11.5 Å². The highest BCUT2D eigenvalue weighted by molar-refractivity contribution is 5.93. The van der Waals surface area contributed by atoms with Gasteiger partial charge in [0.2, 0.25) is 12.0 Å². The summed E-state index contributed by atoms with van der Waals surface area (Å²) in [7, 11) is 0. The smallest absolute Gasteiger partial charge is 0.267 e. The monoisotopic (exact) mass is 409 g/mol. The molecule has 0 unspecified atom stereocenters. The number of fused-ring (bicyclic) bond motifs is 1. The molecule has 1 saturated heterocycles. The number of aryl methyl sites for hydroxylation is 1. The number of carbonyl (C=O) groups excluding carboxylic acids is 2. The highest BCUT2D eigenvalue weighted by Gasteiger charge is 2.32. The molecule has 0 bridgehead atoms. The molecule has 0 spiro atoms. The summed E-state index contributed by atoms with van der Waals surface area (Å²) < 4.78 is 11.5. The summed E-state index contributed by atoms with van der Waals surface area (Å²) in [6.07, 6.45) is 0.245. The Kier molecular flexibility index (Phi) is 6.18. The fourth-order valence-corrected chi connectivity index (χ4v) is 3.81. The van der Waals surface area contributed by atoms with Crippen molar-refractivity contribution in [2.75, 3.05) is 44.6 Å². The minimum absolute atomic E-state index is 0.0312. The van der Waals surface area contributed by atoms with Gasteiger partial charge in [0.15, 0.2) is 11.5 Å². The fraction of sp³-hybridized carbons (Fsp3) is 0.391. The van der Waals surface area contributed by atoms with Gasteiger partial charge in [-0.05, 0) is 30.2 Å². The molecule has 2 aromatic carbocycles. The lowest BCUT2D eigenvalue weighted by molar-refractivity contribution is -0.143. The van der Waals surface area contributed by atoms with Crippen molar-refractivity contribution in [2.45, 2.75) is 19.4 Å². The predicted octanol–water partition coefficient (Wildman–Crippen LogP) is 2.17. The van der Waals surface area contributed by atoms with Gasteiger partial charge >= 0.3 is 0 Å². The minimum Gasteiger partial charge on any atom is -0.485 e. The summed E-state index contributed by atoms with van der Waals surface area (Å²) in [4.78, 5) is 29.2. The van der Waals surface area contributed by atoms with Crippen LogP contribution in [0.3, 0.4) is 0 Å². The summed E-state index contributed by atoms with van der Waals surface area (Å²) >= 11 is 0. The van der Waals surface area contributed by atoms with Crippen LogP contribution in [0.15, 0.2) is 48.5 Å². The molecule has 2 heterocycles. The zero-order valence-electron chi connectivity index (χ0n) is 17.2. The van der Waals surface area contributed by atoms with Crippen molar-refractivity contribution in [1.82, 2.24) is 9.80 Å². The molecule has 0 aromatic heterocycles. The van der Waals surface area contributed by atoms with E-state index in [-0.39, 0.29) is 18.4 Å². The minimum atomic E-state index is -0.625.